The van der Waals surface area contributed by atoms with Gasteiger partial charge in [0.2, 0.25) is 0 Å². The smallest absolute Gasteiger partial charge is 0.271 e. The molecule has 0 bridgehead atoms. The van der Waals surface area contributed by atoms with Crippen molar-refractivity contribution in [3.05, 3.63) is 57.8 Å². The van der Waals surface area contributed by atoms with Crippen LogP contribution in [0.1, 0.15) is 22.4 Å². The fourth-order valence-electron chi connectivity index (χ4n) is 2.17. The summed E-state index contributed by atoms with van der Waals surface area (Å²) in [6.07, 6.45) is -2.18. The molecule has 1 unspecified atom stereocenters. The van der Waals surface area contributed by atoms with E-state index in [1.807, 2.05) is 17.5 Å². The molecular formula is C15H17F3N2S. The first-order valence-corrected chi connectivity index (χ1v) is 7.51. The molecule has 6 heteroatoms. The Morgan fingerprint density at radius 2 is 2.00 bits per heavy atom. The minimum atomic E-state index is -4.31. The van der Waals surface area contributed by atoms with E-state index in [-0.39, 0.29) is 6.04 Å². The van der Waals surface area contributed by atoms with Crippen LogP contribution in [0.25, 0.3) is 0 Å². The van der Waals surface area contributed by atoms with Gasteiger partial charge in [0.1, 0.15) is 0 Å². The fourth-order valence-corrected chi connectivity index (χ4v) is 2.90. The Labute approximate surface area is 125 Å². The van der Waals surface area contributed by atoms with Crippen LogP contribution in [-0.4, -0.2) is 6.04 Å². The Morgan fingerprint density at radius 1 is 1.19 bits per heavy atom. The largest absolute Gasteiger partial charge is 0.416 e. The number of halogens is 3. The summed E-state index contributed by atoms with van der Waals surface area (Å²) in [5, 5.41) is 2.01. The van der Waals surface area contributed by atoms with Crippen molar-refractivity contribution in [1.82, 2.24) is 5.43 Å². The number of nitrogens with one attached hydrogen (secondary N) is 1. The normalized spacial score (nSPS) is 13.3. The van der Waals surface area contributed by atoms with Crippen molar-refractivity contribution in [2.45, 2.75) is 31.5 Å². The molecule has 3 N–H and O–H groups in total. The summed E-state index contributed by atoms with van der Waals surface area (Å²) in [4.78, 5) is 1.25. The molecule has 0 radical (unpaired) electrons. The summed E-state index contributed by atoms with van der Waals surface area (Å²) in [6.45, 7) is 0. The Kier molecular flexibility index (Phi) is 5.39. The molecule has 0 aliphatic carbocycles. The summed E-state index contributed by atoms with van der Waals surface area (Å²) in [5.41, 5.74) is 2.72. The Balaban J connectivity index is 1.98. The molecule has 1 heterocycles. The SMILES string of the molecule is NNC(CCc1cccs1)Cc1cccc(C(F)(F)F)c1. The highest BCUT2D eigenvalue weighted by molar-refractivity contribution is 7.09. The van der Waals surface area contributed by atoms with Crippen LogP contribution < -0.4 is 11.3 Å². The van der Waals surface area contributed by atoms with Gasteiger partial charge in [0.25, 0.3) is 0 Å². The lowest BCUT2D eigenvalue weighted by Gasteiger charge is -2.16. The highest BCUT2D eigenvalue weighted by Gasteiger charge is 2.30. The van der Waals surface area contributed by atoms with E-state index in [4.69, 9.17) is 5.84 Å². The third-order valence-corrected chi connectivity index (χ3v) is 4.23. The Hall–Kier alpha value is -1.37. The third-order valence-electron chi connectivity index (χ3n) is 3.29. The predicted molar refractivity (Wildman–Crippen MR) is 78.9 cm³/mol. The molecule has 0 spiro atoms. The van der Waals surface area contributed by atoms with Gasteiger partial charge in [-0.05, 0) is 42.3 Å². The van der Waals surface area contributed by atoms with Crippen LogP contribution >= 0.6 is 11.3 Å². The lowest BCUT2D eigenvalue weighted by molar-refractivity contribution is -0.137. The maximum atomic E-state index is 12.7. The average molecular weight is 314 g/mol. The number of benzene rings is 1. The van der Waals surface area contributed by atoms with Gasteiger partial charge < -0.3 is 0 Å². The van der Waals surface area contributed by atoms with Gasteiger partial charge in [-0.15, -0.1) is 11.3 Å². The minimum absolute atomic E-state index is 0.0458. The predicted octanol–water partition coefficient (Wildman–Crippen LogP) is 3.77. The Morgan fingerprint density at radius 3 is 2.62 bits per heavy atom. The zero-order chi connectivity index (χ0) is 15.3. The number of rotatable bonds is 6. The number of hydrazine groups is 1. The second-order valence-electron chi connectivity index (χ2n) is 4.88. The number of alkyl halides is 3. The maximum absolute atomic E-state index is 12.7. The van der Waals surface area contributed by atoms with Gasteiger partial charge in [-0.25, -0.2) is 0 Å². The average Bonchev–Trinajstić information content (AvgIpc) is 2.96. The first-order chi connectivity index (χ1) is 9.99. The van der Waals surface area contributed by atoms with Gasteiger partial charge in [-0.1, -0.05) is 24.3 Å². The molecule has 21 heavy (non-hydrogen) atoms. The van der Waals surface area contributed by atoms with Crippen LogP contribution in [0.2, 0.25) is 0 Å². The van der Waals surface area contributed by atoms with E-state index in [0.29, 0.717) is 12.0 Å². The van der Waals surface area contributed by atoms with E-state index in [1.165, 1.54) is 17.0 Å². The van der Waals surface area contributed by atoms with Crippen LogP contribution in [0.4, 0.5) is 13.2 Å². The molecule has 1 aromatic heterocycles. The van der Waals surface area contributed by atoms with E-state index in [2.05, 4.69) is 5.43 Å². The van der Waals surface area contributed by atoms with Gasteiger partial charge in [0, 0.05) is 10.9 Å². The van der Waals surface area contributed by atoms with E-state index in [9.17, 15) is 13.2 Å². The summed E-state index contributed by atoms with van der Waals surface area (Å²) >= 11 is 1.67. The zero-order valence-electron chi connectivity index (χ0n) is 11.4. The number of nitrogens with two attached hydrogens (primary N) is 1. The fraction of sp³-hybridized carbons (Fsp3) is 0.333. The summed E-state index contributed by atoms with van der Waals surface area (Å²) in [5.74, 6) is 5.52. The molecule has 1 aromatic carbocycles. The number of hydrogen-bond acceptors (Lipinski definition) is 3. The van der Waals surface area contributed by atoms with Crippen molar-refractivity contribution in [1.29, 1.82) is 0 Å². The van der Waals surface area contributed by atoms with E-state index in [1.54, 1.807) is 17.4 Å². The number of thiophene rings is 1. The zero-order valence-corrected chi connectivity index (χ0v) is 12.2. The van der Waals surface area contributed by atoms with Gasteiger partial charge >= 0.3 is 6.18 Å². The lowest BCUT2D eigenvalue weighted by Crippen LogP contribution is -2.37. The minimum Gasteiger partial charge on any atom is -0.271 e. The maximum Gasteiger partial charge on any atom is 0.416 e. The van der Waals surface area contributed by atoms with Gasteiger partial charge in [0.15, 0.2) is 0 Å². The Bertz CT molecular complexity index is 552. The van der Waals surface area contributed by atoms with Crippen LogP contribution in [0.15, 0.2) is 41.8 Å². The van der Waals surface area contributed by atoms with Crippen molar-refractivity contribution in [2.75, 3.05) is 0 Å². The second-order valence-corrected chi connectivity index (χ2v) is 5.92. The summed E-state index contributed by atoms with van der Waals surface area (Å²) in [6, 6.07) is 9.39. The molecule has 0 saturated carbocycles. The molecule has 2 aromatic rings. The molecular weight excluding hydrogens is 297 g/mol. The highest BCUT2D eigenvalue weighted by Crippen LogP contribution is 2.29. The highest BCUT2D eigenvalue weighted by atomic mass is 32.1. The topological polar surface area (TPSA) is 38.0 Å². The molecule has 2 rings (SSSR count). The molecule has 0 saturated heterocycles. The number of aryl methyl sites for hydroxylation is 1. The summed E-state index contributed by atoms with van der Waals surface area (Å²) in [7, 11) is 0. The molecule has 114 valence electrons. The van der Waals surface area contributed by atoms with E-state index in [0.717, 1.165) is 18.9 Å². The molecule has 0 aliphatic heterocycles. The van der Waals surface area contributed by atoms with Crippen LogP contribution in [0, 0.1) is 0 Å². The van der Waals surface area contributed by atoms with Crippen molar-refractivity contribution < 1.29 is 13.2 Å². The quantitative estimate of drug-likeness (QED) is 0.629. The molecule has 1 atom stereocenters. The first-order valence-electron chi connectivity index (χ1n) is 6.63. The van der Waals surface area contributed by atoms with Gasteiger partial charge in [-0.2, -0.15) is 13.2 Å². The van der Waals surface area contributed by atoms with E-state index >= 15 is 0 Å². The second kappa shape index (κ2) is 7.06. The van der Waals surface area contributed by atoms with E-state index < -0.39 is 11.7 Å². The molecule has 0 aliphatic rings. The first kappa shape index (κ1) is 16.0. The number of hydrogen-bond donors (Lipinski definition) is 2. The van der Waals surface area contributed by atoms with Crippen molar-refractivity contribution in [3.8, 4) is 0 Å². The molecule has 0 fully saturated rings. The monoisotopic (exact) mass is 314 g/mol. The van der Waals surface area contributed by atoms with Crippen LogP contribution in [0.5, 0.6) is 0 Å². The molecule has 0 amide bonds. The lowest BCUT2D eigenvalue weighted by atomic mass is 10.00. The van der Waals surface area contributed by atoms with Gasteiger partial charge in [0.05, 0.1) is 5.56 Å². The van der Waals surface area contributed by atoms with Crippen LogP contribution in [0.3, 0.4) is 0 Å². The van der Waals surface area contributed by atoms with Gasteiger partial charge in [-0.3, -0.25) is 11.3 Å². The van der Waals surface area contributed by atoms with Crippen molar-refractivity contribution in [2.24, 2.45) is 5.84 Å². The standard InChI is InChI=1S/C15H17F3N2S/c16-15(17,18)12-4-1-3-11(9-12)10-13(20-19)6-7-14-5-2-8-21-14/h1-5,8-9,13,20H,6-7,10,19H2. The third kappa shape index (κ3) is 4.84. The van der Waals surface area contributed by atoms with Crippen molar-refractivity contribution >= 4 is 11.3 Å². The molecule has 2 nitrogen and oxygen atoms in total. The summed E-state index contributed by atoms with van der Waals surface area (Å²) < 4.78 is 38.0. The van der Waals surface area contributed by atoms with Crippen molar-refractivity contribution in [3.63, 3.8) is 0 Å². The van der Waals surface area contributed by atoms with Crippen LogP contribution in [-0.2, 0) is 19.0 Å².